The van der Waals surface area contributed by atoms with Crippen molar-refractivity contribution in [3.05, 3.63) is 71.4 Å². The molecule has 2 aromatic carbocycles. The summed E-state index contributed by atoms with van der Waals surface area (Å²) in [6.07, 6.45) is 3.34. The maximum absolute atomic E-state index is 12.4. The largest absolute Gasteiger partial charge is 0.383 e. The Morgan fingerprint density at radius 3 is 3.00 bits per heavy atom. The fourth-order valence-corrected chi connectivity index (χ4v) is 3.38. The standard InChI is InChI=1S/C19H18N2O2/c22-18(15-5-6-17-14(11-15)8-10-20-17)21-12-19(23)9-7-13-3-1-2-4-16(13)19/h1-6,8,10-11,20,23H,7,9,12H2,(H,21,22)/t19-/m1/s1. The highest BCUT2D eigenvalue weighted by Gasteiger charge is 2.36. The van der Waals surface area contributed by atoms with Crippen LogP contribution in [0.25, 0.3) is 10.9 Å². The molecule has 1 aliphatic rings. The zero-order valence-electron chi connectivity index (χ0n) is 12.7. The minimum atomic E-state index is -0.968. The van der Waals surface area contributed by atoms with E-state index in [9.17, 15) is 9.90 Å². The van der Waals surface area contributed by atoms with E-state index in [1.807, 2.05) is 48.7 Å². The summed E-state index contributed by atoms with van der Waals surface area (Å²) >= 11 is 0. The number of rotatable bonds is 3. The summed E-state index contributed by atoms with van der Waals surface area (Å²) in [5.41, 5.74) is 2.74. The van der Waals surface area contributed by atoms with Gasteiger partial charge in [-0.1, -0.05) is 24.3 Å². The van der Waals surface area contributed by atoms with Crippen LogP contribution in [0.5, 0.6) is 0 Å². The van der Waals surface area contributed by atoms with Crippen molar-refractivity contribution in [3.63, 3.8) is 0 Å². The summed E-state index contributed by atoms with van der Waals surface area (Å²) in [6, 6.07) is 15.4. The number of aliphatic hydroxyl groups is 1. The first-order valence-electron chi connectivity index (χ1n) is 7.82. The molecule has 4 rings (SSSR count). The van der Waals surface area contributed by atoms with Gasteiger partial charge in [-0.2, -0.15) is 0 Å². The zero-order valence-corrected chi connectivity index (χ0v) is 12.7. The van der Waals surface area contributed by atoms with Crippen molar-refractivity contribution in [3.8, 4) is 0 Å². The van der Waals surface area contributed by atoms with Crippen molar-refractivity contribution in [2.45, 2.75) is 18.4 Å². The van der Waals surface area contributed by atoms with Crippen molar-refractivity contribution >= 4 is 16.8 Å². The Hall–Kier alpha value is -2.59. The van der Waals surface area contributed by atoms with E-state index in [4.69, 9.17) is 0 Å². The average molecular weight is 306 g/mol. The van der Waals surface area contributed by atoms with Crippen LogP contribution < -0.4 is 5.32 Å². The van der Waals surface area contributed by atoms with Gasteiger partial charge in [-0.15, -0.1) is 0 Å². The second-order valence-electron chi connectivity index (χ2n) is 6.15. The van der Waals surface area contributed by atoms with Gasteiger partial charge in [0.1, 0.15) is 5.60 Å². The van der Waals surface area contributed by atoms with Crippen molar-refractivity contribution in [1.82, 2.24) is 10.3 Å². The highest BCUT2D eigenvalue weighted by Crippen LogP contribution is 2.36. The van der Waals surface area contributed by atoms with Crippen LogP contribution in [0.15, 0.2) is 54.7 Å². The molecule has 0 spiro atoms. The van der Waals surface area contributed by atoms with Crippen LogP contribution in [-0.4, -0.2) is 22.5 Å². The van der Waals surface area contributed by atoms with Gasteiger partial charge in [0, 0.05) is 22.7 Å². The SMILES string of the molecule is O=C(NC[C@]1(O)CCc2ccccc21)c1ccc2[nH]ccc2c1. The van der Waals surface area contributed by atoms with Crippen LogP contribution in [0, 0.1) is 0 Å². The number of amides is 1. The van der Waals surface area contributed by atoms with E-state index in [-0.39, 0.29) is 12.5 Å². The molecule has 0 fully saturated rings. The molecule has 4 heteroatoms. The Labute approximate surface area is 134 Å². The first-order valence-corrected chi connectivity index (χ1v) is 7.82. The molecule has 1 aromatic heterocycles. The number of aromatic amines is 1. The van der Waals surface area contributed by atoms with Gasteiger partial charge in [0.2, 0.25) is 0 Å². The summed E-state index contributed by atoms with van der Waals surface area (Å²) in [5, 5.41) is 14.7. The third-order valence-corrected chi connectivity index (χ3v) is 4.68. The van der Waals surface area contributed by atoms with Gasteiger partial charge in [0.15, 0.2) is 0 Å². The lowest BCUT2D eigenvalue weighted by atomic mass is 9.96. The van der Waals surface area contributed by atoms with Crippen LogP contribution in [0.3, 0.4) is 0 Å². The number of hydrogen-bond acceptors (Lipinski definition) is 2. The van der Waals surface area contributed by atoms with E-state index in [1.54, 1.807) is 6.07 Å². The molecule has 1 aliphatic carbocycles. The van der Waals surface area contributed by atoms with E-state index < -0.39 is 5.60 Å². The molecule has 116 valence electrons. The summed E-state index contributed by atoms with van der Waals surface area (Å²) in [7, 11) is 0. The molecule has 1 amide bonds. The fourth-order valence-electron chi connectivity index (χ4n) is 3.38. The van der Waals surface area contributed by atoms with E-state index in [1.165, 1.54) is 0 Å². The third kappa shape index (κ3) is 2.41. The van der Waals surface area contributed by atoms with Crippen LogP contribution in [0.4, 0.5) is 0 Å². The maximum Gasteiger partial charge on any atom is 0.251 e. The molecule has 0 bridgehead atoms. The Kier molecular flexibility index (Phi) is 3.20. The summed E-state index contributed by atoms with van der Waals surface area (Å²) in [5.74, 6) is -0.161. The van der Waals surface area contributed by atoms with Gasteiger partial charge in [-0.05, 0) is 48.2 Å². The first-order chi connectivity index (χ1) is 11.2. The van der Waals surface area contributed by atoms with E-state index >= 15 is 0 Å². The number of carbonyl (C=O) groups is 1. The average Bonchev–Trinajstić information content (AvgIpc) is 3.18. The molecular weight excluding hydrogens is 288 g/mol. The van der Waals surface area contributed by atoms with Gasteiger partial charge in [0.05, 0.1) is 6.54 Å². The number of nitrogens with one attached hydrogen (secondary N) is 2. The maximum atomic E-state index is 12.4. The topological polar surface area (TPSA) is 65.1 Å². The Morgan fingerprint density at radius 1 is 1.22 bits per heavy atom. The summed E-state index contributed by atoms with van der Waals surface area (Å²) < 4.78 is 0. The van der Waals surface area contributed by atoms with E-state index in [0.717, 1.165) is 28.5 Å². The van der Waals surface area contributed by atoms with Gasteiger partial charge in [-0.25, -0.2) is 0 Å². The molecule has 0 aliphatic heterocycles. The third-order valence-electron chi connectivity index (χ3n) is 4.68. The number of benzene rings is 2. The Balaban J connectivity index is 1.51. The molecule has 1 atom stereocenters. The second-order valence-corrected chi connectivity index (χ2v) is 6.15. The molecule has 0 radical (unpaired) electrons. The molecule has 23 heavy (non-hydrogen) atoms. The normalized spacial score (nSPS) is 19.7. The highest BCUT2D eigenvalue weighted by molar-refractivity contribution is 5.98. The number of fused-ring (bicyclic) bond motifs is 2. The van der Waals surface area contributed by atoms with Gasteiger partial charge in [0.25, 0.3) is 5.91 Å². The number of H-pyrrole nitrogens is 1. The molecule has 0 saturated carbocycles. The smallest absolute Gasteiger partial charge is 0.251 e. The highest BCUT2D eigenvalue weighted by atomic mass is 16.3. The van der Waals surface area contributed by atoms with Gasteiger partial charge < -0.3 is 15.4 Å². The van der Waals surface area contributed by atoms with Crippen LogP contribution >= 0.6 is 0 Å². The minimum Gasteiger partial charge on any atom is -0.383 e. The number of aryl methyl sites for hydroxylation is 1. The van der Waals surface area contributed by atoms with Crippen molar-refractivity contribution in [1.29, 1.82) is 0 Å². The lowest BCUT2D eigenvalue weighted by Crippen LogP contribution is -2.39. The zero-order chi connectivity index (χ0) is 15.9. The van der Waals surface area contributed by atoms with E-state index in [0.29, 0.717) is 12.0 Å². The predicted octanol–water partition coefficient (Wildman–Crippen LogP) is 2.73. The van der Waals surface area contributed by atoms with Crippen LogP contribution in [0.1, 0.15) is 27.9 Å². The van der Waals surface area contributed by atoms with E-state index in [2.05, 4.69) is 10.3 Å². The monoisotopic (exact) mass is 306 g/mol. The number of aromatic nitrogens is 1. The summed E-state index contributed by atoms with van der Waals surface area (Å²) in [4.78, 5) is 15.5. The summed E-state index contributed by atoms with van der Waals surface area (Å²) in [6.45, 7) is 0.230. The lowest BCUT2D eigenvalue weighted by Gasteiger charge is -2.24. The fraction of sp³-hybridized carbons (Fsp3) is 0.211. The molecule has 3 N–H and O–H groups in total. The molecule has 0 saturated heterocycles. The van der Waals surface area contributed by atoms with Crippen molar-refractivity contribution in [2.75, 3.05) is 6.54 Å². The van der Waals surface area contributed by atoms with Crippen molar-refractivity contribution in [2.24, 2.45) is 0 Å². The van der Waals surface area contributed by atoms with Gasteiger partial charge >= 0.3 is 0 Å². The molecule has 0 unspecified atom stereocenters. The lowest BCUT2D eigenvalue weighted by molar-refractivity contribution is 0.0369. The van der Waals surface area contributed by atoms with Crippen LogP contribution in [0.2, 0.25) is 0 Å². The first kappa shape index (κ1) is 14.0. The van der Waals surface area contributed by atoms with Crippen molar-refractivity contribution < 1.29 is 9.90 Å². The van der Waals surface area contributed by atoms with Crippen LogP contribution in [-0.2, 0) is 12.0 Å². The molecule has 1 heterocycles. The number of carbonyl (C=O) groups excluding carboxylic acids is 1. The second kappa shape index (κ2) is 5.25. The molecule has 4 nitrogen and oxygen atoms in total. The minimum absolute atomic E-state index is 0.161. The molecular formula is C19H18N2O2. The quantitative estimate of drug-likeness (QED) is 0.696. The predicted molar refractivity (Wildman–Crippen MR) is 89.3 cm³/mol. The van der Waals surface area contributed by atoms with Gasteiger partial charge in [-0.3, -0.25) is 4.79 Å². The Morgan fingerprint density at radius 2 is 2.09 bits per heavy atom. The number of hydrogen-bond donors (Lipinski definition) is 3. The molecule has 3 aromatic rings. The Bertz CT molecular complexity index is 884.